The highest BCUT2D eigenvalue weighted by Gasteiger charge is 2.05. The lowest BCUT2D eigenvalue weighted by Crippen LogP contribution is -1.98. The van der Waals surface area contributed by atoms with Gasteiger partial charge in [0.05, 0.1) is 17.4 Å². The molecule has 0 saturated carbocycles. The van der Waals surface area contributed by atoms with E-state index < -0.39 is 10.6 Å². The number of nitriles is 1. The maximum absolute atomic E-state index is 9.83. The van der Waals surface area contributed by atoms with Crippen LogP contribution in [-0.4, -0.2) is 11.2 Å². The number of rotatable bonds is 3. The number of carbonyl (C=O) groups excluding carboxylic acids is 1. The zero-order valence-corrected chi connectivity index (χ0v) is 4.98. The highest BCUT2D eigenvalue weighted by molar-refractivity contribution is 5.69. The van der Waals surface area contributed by atoms with Crippen molar-refractivity contribution in [3.8, 4) is 6.07 Å². The summed E-state index contributed by atoms with van der Waals surface area (Å²) < 4.78 is 0. The van der Waals surface area contributed by atoms with Crippen molar-refractivity contribution >= 4 is 6.29 Å². The number of nitrogens with zero attached hydrogens (tertiary/aromatic N) is 2. The van der Waals surface area contributed by atoms with E-state index in [1.165, 1.54) is 0 Å². The summed E-state index contributed by atoms with van der Waals surface area (Å²) in [7, 11) is 0. The Kier molecular flexibility index (Phi) is 3.49. The lowest BCUT2D eigenvalue weighted by molar-refractivity contribution is -0.417. The van der Waals surface area contributed by atoms with Gasteiger partial charge in [-0.05, 0) is 0 Å². The molecule has 5 heteroatoms. The molecule has 0 aliphatic rings. The predicted octanol–water partition coefficient (Wildman–Crippen LogP) is 0.260. The van der Waals surface area contributed by atoms with Crippen LogP contribution in [0.15, 0.2) is 11.8 Å². The zero-order chi connectivity index (χ0) is 7.98. The van der Waals surface area contributed by atoms with Gasteiger partial charge in [-0.1, -0.05) is 0 Å². The van der Waals surface area contributed by atoms with Crippen LogP contribution in [0.25, 0.3) is 0 Å². The molecule has 0 spiro atoms. The molecule has 0 radical (unpaired) electrons. The van der Waals surface area contributed by atoms with Gasteiger partial charge >= 0.3 is 5.70 Å². The van der Waals surface area contributed by atoms with Gasteiger partial charge in [0.25, 0.3) is 0 Å². The first-order valence-electron chi connectivity index (χ1n) is 2.39. The normalized spacial score (nSPS) is 10.1. The monoisotopic (exact) mass is 140 g/mol. The van der Waals surface area contributed by atoms with Crippen molar-refractivity contribution in [1.29, 1.82) is 5.26 Å². The first kappa shape index (κ1) is 8.30. The molecule has 0 saturated heterocycles. The molecule has 10 heavy (non-hydrogen) atoms. The molecule has 0 aliphatic heterocycles. The van der Waals surface area contributed by atoms with Crippen molar-refractivity contribution in [3.63, 3.8) is 0 Å². The van der Waals surface area contributed by atoms with Crippen LogP contribution in [0.4, 0.5) is 0 Å². The van der Waals surface area contributed by atoms with Crippen molar-refractivity contribution in [1.82, 2.24) is 0 Å². The van der Waals surface area contributed by atoms with Crippen molar-refractivity contribution < 1.29 is 9.72 Å². The summed E-state index contributed by atoms with van der Waals surface area (Å²) in [5.74, 6) is 0. The van der Waals surface area contributed by atoms with Gasteiger partial charge in [-0.3, -0.25) is 14.9 Å². The minimum absolute atomic E-state index is 0.108. The Hall–Kier alpha value is -1.70. The minimum atomic E-state index is -0.829. The molecule has 0 heterocycles. The third kappa shape index (κ3) is 2.57. The quantitative estimate of drug-likeness (QED) is 0.243. The molecule has 0 aromatic carbocycles. The van der Waals surface area contributed by atoms with E-state index in [2.05, 4.69) is 0 Å². The first-order valence-corrected chi connectivity index (χ1v) is 2.39. The molecule has 0 aromatic rings. The van der Waals surface area contributed by atoms with Gasteiger partial charge in [-0.15, -0.1) is 0 Å². The molecule has 0 aromatic heterocycles. The fourth-order valence-electron chi connectivity index (χ4n) is 0.316. The van der Waals surface area contributed by atoms with E-state index in [1.807, 2.05) is 0 Å². The second-order valence-electron chi connectivity index (χ2n) is 1.37. The van der Waals surface area contributed by atoms with E-state index in [0.717, 1.165) is 6.08 Å². The molecule has 0 bridgehead atoms. The summed E-state index contributed by atoms with van der Waals surface area (Å²) in [5.41, 5.74) is -0.568. The molecule has 0 rings (SSSR count). The molecule has 5 nitrogen and oxygen atoms in total. The van der Waals surface area contributed by atoms with Gasteiger partial charge in [-0.25, -0.2) is 0 Å². The molecule has 0 aliphatic carbocycles. The fourth-order valence-corrected chi connectivity index (χ4v) is 0.316. The Morgan fingerprint density at radius 2 is 2.40 bits per heavy atom. The lowest BCUT2D eigenvalue weighted by Gasteiger charge is -1.82. The Balaban J connectivity index is 4.22. The Morgan fingerprint density at radius 3 is 2.70 bits per heavy atom. The fraction of sp³-hybridized carbons (Fsp3) is 0.200. The number of hydrogen-bond acceptors (Lipinski definition) is 4. The largest absolute Gasteiger partial charge is 0.305 e. The van der Waals surface area contributed by atoms with Crippen molar-refractivity contribution in [2.75, 3.05) is 0 Å². The Morgan fingerprint density at radius 1 is 1.80 bits per heavy atom. The Labute approximate surface area is 56.7 Å². The molecule has 0 unspecified atom stereocenters. The maximum atomic E-state index is 9.83. The highest BCUT2D eigenvalue weighted by Crippen LogP contribution is 1.91. The molecule has 52 valence electrons. The summed E-state index contributed by atoms with van der Waals surface area (Å²) in [6.45, 7) is 0. The predicted molar refractivity (Wildman–Crippen MR) is 31.4 cm³/mol. The van der Waals surface area contributed by atoms with E-state index in [-0.39, 0.29) is 12.7 Å². The van der Waals surface area contributed by atoms with Crippen molar-refractivity contribution in [2.45, 2.75) is 6.42 Å². The molecule has 0 N–H and O–H groups in total. The standard InChI is InChI=1S/C5H4N2O3/c6-3-1-2-5(4-8)7(9)10/h2,4H,1H2. The van der Waals surface area contributed by atoms with Crippen LogP contribution in [0.2, 0.25) is 0 Å². The maximum Gasteiger partial charge on any atom is 0.305 e. The average molecular weight is 140 g/mol. The molecular weight excluding hydrogens is 136 g/mol. The molecule has 0 fully saturated rings. The number of allylic oxidation sites excluding steroid dienone is 2. The molecular formula is C5H4N2O3. The van der Waals surface area contributed by atoms with Crippen LogP contribution in [0.1, 0.15) is 6.42 Å². The van der Waals surface area contributed by atoms with Gasteiger partial charge in [-0.2, -0.15) is 5.26 Å². The first-order chi connectivity index (χ1) is 4.72. The van der Waals surface area contributed by atoms with Gasteiger partial charge in [0.1, 0.15) is 0 Å². The highest BCUT2D eigenvalue weighted by atomic mass is 16.6. The van der Waals surface area contributed by atoms with Crippen LogP contribution in [0.3, 0.4) is 0 Å². The van der Waals surface area contributed by atoms with Crippen LogP contribution in [0, 0.1) is 21.4 Å². The van der Waals surface area contributed by atoms with E-state index in [4.69, 9.17) is 5.26 Å². The number of hydrogen-bond donors (Lipinski definition) is 0. The lowest BCUT2D eigenvalue weighted by atomic mass is 10.4. The number of aldehydes is 1. The SMILES string of the molecule is N#CCC=C(C=O)[N+](=O)[O-]. The average Bonchev–Trinajstić information content (AvgIpc) is 1.89. The third-order valence-electron chi connectivity index (χ3n) is 0.734. The van der Waals surface area contributed by atoms with E-state index >= 15 is 0 Å². The third-order valence-corrected chi connectivity index (χ3v) is 0.734. The zero-order valence-electron chi connectivity index (χ0n) is 4.98. The number of carbonyl (C=O) groups is 1. The topological polar surface area (TPSA) is 84.0 Å². The smallest absolute Gasteiger partial charge is 0.291 e. The van der Waals surface area contributed by atoms with E-state index in [1.54, 1.807) is 6.07 Å². The van der Waals surface area contributed by atoms with Gasteiger partial charge < -0.3 is 0 Å². The minimum Gasteiger partial charge on any atom is -0.291 e. The summed E-state index contributed by atoms with van der Waals surface area (Å²) in [6.07, 6.45) is 0.958. The molecule has 0 amide bonds. The van der Waals surface area contributed by atoms with Crippen LogP contribution in [0.5, 0.6) is 0 Å². The summed E-state index contributed by atoms with van der Waals surface area (Å²) in [6, 6.07) is 1.65. The second-order valence-corrected chi connectivity index (χ2v) is 1.37. The van der Waals surface area contributed by atoms with Gasteiger partial charge in [0.15, 0.2) is 0 Å². The van der Waals surface area contributed by atoms with Crippen LogP contribution in [-0.2, 0) is 4.79 Å². The Bertz CT molecular complexity index is 213. The van der Waals surface area contributed by atoms with Crippen molar-refractivity contribution in [2.24, 2.45) is 0 Å². The van der Waals surface area contributed by atoms with Crippen LogP contribution >= 0.6 is 0 Å². The van der Waals surface area contributed by atoms with Crippen LogP contribution < -0.4 is 0 Å². The number of nitro groups is 1. The van der Waals surface area contributed by atoms with E-state index in [9.17, 15) is 14.9 Å². The van der Waals surface area contributed by atoms with Gasteiger partial charge in [0.2, 0.25) is 6.29 Å². The summed E-state index contributed by atoms with van der Waals surface area (Å²) >= 11 is 0. The van der Waals surface area contributed by atoms with Crippen molar-refractivity contribution in [3.05, 3.63) is 21.9 Å². The van der Waals surface area contributed by atoms with Gasteiger partial charge in [0, 0.05) is 6.08 Å². The summed E-state index contributed by atoms with van der Waals surface area (Å²) in [4.78, 5) is 18.8. The summed E-state index contributed by atoms with van der Waals surface area (Å²) in [5, 5.41) is 17.8. The molecule has 0 atom stereocenters. The second kappa shape index (κ2) is 4.21. The van der Waals surface area contributed by atoms with E-state index in [0.29, 0.717) is 0 Å².